The summed E-state index contributed by atoms with van der Waals surface area (Å²) in [6.07, 6.45) is 2.65. The lowest BCUT2D eigenvalue weighted by atomic mass is 10.2. The summed E-state index contributed by atoms with van der Waals surface area (Å²) in [7, 11) is 0. The smallest absolute Gasteiger partial charge is 0.277 e. The van der Waals surface area contributed by atoms with Crippen molar-refractivity contribution in [3.05, 3.63) is 51.4 Å². The second-order valence-electron chi connectivity index (χ2n) is 5.80. The Hall–Kier alpha value is -2.83. The third kappa shape index (κ3) is 2.51. The minimum Gasteiger partial charge on any atom is -0.494 e. The molecule has 2 N–H and O–H groups in total. The minimum absolute atomic E-state index is 0.0391. The number of fused-ring (bicyclic) bond motifs is 2. The van der Waals surface area contributed by atoms with E-state index in [0.717, 1.165) is 41.8 Å². The number of aromatic nitrogens is 4. The van der Waals surface area contributed by atoms with Crippen LogP contribution in [-0.4, -0.2) is 26.2 Å². The average molecular weight is 325 g/mol. The maximum atomic E-state index is 12.5. The Bertz CT molecular complexity index is 944. The molecule has 24 heavy (non-hydrogen) atoms. The number of hydrogen-bond donors (Lipinski definition) is 2. The van der Waals surface area contributed by atoms with E-state index >= 15 is 0 Å². The molecule has 1 aromatic carbocycles. The number of nitrogens with one attached hydrogen (secondary N) is 2. The molecule has 0 fully saturated rings. The lowest BCUT2D eigenvalue weighted by Crippen LogP contribution is -2.20. The molecule has 7 heteroatoms. The number of aromatic amines is 1. The Labute approximate surface area is 138 Å². The van der Waals surface area contributed by atoms with Crippen molar-refractivity contribution in [2.24, 2.45) is 0 Å². The number of anilines is 1. The third-order valence-corrected chi connectivity index (χ3v) is 4.23. The van der Waals surface area contributed by atoms with E-state index in [-0.39, 0.29) is 5.56 Å². The molecule has 4 rings (SSSR count). The Balaban J connectivity index is 1.60. The van der Waals surface area contributed by atoms with Gasteiger partial charge in [0.15, 0.2) is 0 Å². The number of ether oxygens (including phenoxy) is 1. The highest BCUT2D eigenvalue weighted by Crippen LogP contribution is 2.19. The molecule has 1 aliphatic carbocycles. The van der Waals surface area contributed by atoms with Gasteiger partial charge in [-0.05, 0) is 32.3 Å². The first-order valence-electron chi connectivity index (χ1n) is 8.21. The van der Waals surface area contributed by atoms with E-state index in [1.165, 1.54) is 4.52 Å². The molecule has 0 bridgehead atoms. The van der Waals surface area contributed by atoms with Crippen molar-refractivity contribution in [1.29, 1.82) is 0 Å². The average Bonchev–Trinajstić information content (AvgIpc) is 3.21. The summed E-state index contributed by atoms with van der Waals surface area (Å²) in [6, 6.07) is 7.85. The molecule has 0 amide bonds. The van der Waals surface area contributed by atoms with Crippen LogP contribution in [0.5, 0.6) is 5.75 Å². The first kappa shape index (κ1) is 14.7. The first-order valence-corrected chi connectivity index (χ1v) is 8.21. The van der Waals surface area contributed by atoms with E-state index in [4.69, 9.17) is 4.74 Å². The highest BCUT2D eigenvalue weighted by Gasteiger charge is 2.19. The molecule has 1 aliphatic rings. The summed E-state index contributed by atoms with van der Waals surface area (Å²) < 4.78 is 7.04. The SMILES string of the molecule is CCOc1ccccc1CNc1nc2nc3c(c(=O)n2[nH]1)CCC3. The second kappa shape index (κ2) is 5.99. The van der Waals surface area contributed by atoms with Crippen LogP contribution in [0.1, 0.15) is 30.2 Å². The van der Waals surface area contributed by atoms with E-state index in [0.29, 0.717) is 24.9 Å². The van der Waals surface area contributed by atoms with Crippen molar-refractivity contribution in [3.63, 3.8) is 0 Å². The fourth-order valence-electron chi connectivity index (χ4n) is 3.09. The first-order chi connectivity index (χ1) is 11.8. The fourth-order valence-corrected chi connectivity index (χ4v) is 3.09. The van der Waals surface area contributed by atoms with Crippen LogP contribution < -0.4 is 15.6 Å². The van der Waals surface area contributed by atoms with Gasteiger partial charge in [-0.2, -0.15) is 9.50 Å². The van der Waals surface area contributed by atoms with Gasteiger partial charge in [0, 0.05) is 17.7 Å². The van der Waals surface area contributed by atoms with Crippen LogP contribution in [0.2, 0.25) is 0 Å². The monoisotopic (exact) mass is 325 g/mol. The van der Waals surface area contributed by atoms with E-state index < -0.39 is 0 Å². The zero-order valence-corrected chi connectivity index (χ0v) is 13.5. The molecular formula is C17H19N5O2. The van der Waals surface area contributed by atoms with E-state index in [1.54, 1.807) is 0 Å². The molecule has 2 aromatic heterocycles. The molecule has 3 aromatic rings. The van der Waals surface area contributed by atoms with E-state index in [1.807, 2.05) is 31.2 Å². The molecule has 0 spiro atoms. The fraction of sp³-hybridized carbons (Fsp3) is 0.353. The van der Waals surface area contributed by atoms with Gasteiger partial charge in [-0.15, -0.1) is 0 Å². The molecular weight excluding hydrogens is 306 g/mol. The number of nitrogens with zero attached hydrogens (tertiary/aromatic N) is 3. The minimum atomic E-state index is -0.0391. The van der Waals surface area contributed by atoms with Crippen LogP contribution in [0.3, 0.4) is 0 Å². The molecule has 0 aliphatic heterocycles. The van der Waals surface area contributed by atoms with E-state index in [2.05, 4.69) is 20.4 Å². The standard InChI is InChI=1S/C17H19N5O2/c1-2-24-14-9-4-3-6-11(14)10-18-16-20-17-19-13-8-5-7-12(13)15(23)22(17)21-16/h3-4,6,9H,2,5,7-8,10H2,1H3,(H2,18,19,20,21). The van der Waals surface area contributed by atoms with Crippen LogP contribution in [0.25, 0.3) is 5.78 Å². The number of benzene rings is 1. The van der Waals surface area contributed by atoms with Crippen molar-refractivity contribution < 1.29 is 4.74 Å². The van der Waals surface area contributed by atoms with Crippen LogP contribution in [-0.2, 0) is 19.4 Å². The zero-order valence-electron chi connectivity index (χ0n) is 13.5. The Morgan fingerprint density at radius 3 is 3.04 bits per heavy atom. The topological polar surface area (TPSA) is 84.3 Å². The molecule has 0 unspecified atom stereocenters. The normalized spacial score (nSPS) is 13.2. The lowest BCUT2D eigenvalue weighted by molar-refractivity contribution is 0.337. The molecule has 0 saturated carbocycles. The largest absolute Gasteiger partial charge is 0.494 e. The van der Waals surface area contributed by atoms with Gasteiger partial charge in [0.05, 0.1) is 12.3 Å². The van der Waals surface area contributed by atoms with Crippen molar-refractivity contribution in [3.8, 4) is 5.75 Å². The van der Waals surface area contributed by atoms with Crippen LogP contribution in [0.15, 0.2) is 29.1 Å². The predicted octanol–water partition coefficient (Wildman–Crippen LogP) is 1.92. The van der Waals surface area contributed by atoms with Crippen molar-refractivity contribution >= 4 is 11.7 Å². The van der Waals surface area contributed by atoms with Gasteiger partial charge in [-0.25, -0.2) is 4.98 Å². The van der Waals surface area contributed by atoms with Crippen molar-refractivity contribution in [2.45, 2.75) is 32.7 Å². The summed E-state index contributed by atoms with van der Waals surface area (Å²) in [5.41, 5.74) is 2.69. The molecule has 0 atom stereocenters. The highest BCUT2D eigenvalue weighted by molar-refractivity contribution is 5.42. The predicted molar refractivity (Wildman–Crippen MR) is 90.6 cm³/mol. The van der Waals surface area contributed by atoms with Gasteiger partial charge in [0.2, 0.25) is 5.95 Å². The molecule has 0 saturated heterocycles. The van der Waals surface area contributed by atoms with Gasteiger partial charge < -0.3 is 10.1 Å². The molecule has 0 radical (unpaired) electrons. The van der Waals surface area contributed by atoms with Crippen LogP contribution in [0.4, 0.5) is 5.95 Å². The number of rotatable bonds is 5. The van der Waals surface area contributed by atoms with Crippen LogP contribution in [0, 0.1) is 0 Å². The van der Waals surface area contributed by atoms with Crippen molar-refractivity contribution in [1.82, 2.24) is 19.6 Å². The summed E-state index contributed by atoms with van der Waals surface area (Å²) >= 11 is 0. The molecule has 2 heterocycles. The highest BCUT2D eigenvalue weighted by atomic mass is 16.5. The second-order valence-corrected chi connectivity index (χ2v) is 5.80. The summed E-state index contributed by atoms with van der Waals surface area (Å²) in [6.45, 7) is 3.12. The van der Waals surface area contributed by atoms with E-state index in [9.17, 15) is 4.79 Å². The Morgan fingerprint density at radius 2 is 2.17 bits per heavy atom. The van der Waals surface area contributed by atoms with Crippen LogP contribution >= 0.6 is 0 Å². The van der Waals surface area contributed by atoms with Gasteiger partial charge in [-0.1, -0.05) is 18.2 Å². The Morgan fingerprint density at radius 1 is 1.29 bits per heavy atom. The zero-order chi connectivity index (χ0) is 16.5. The van der Waals surface area contributed by atoms with Gasteiger partial charge in [0.25, 0.3) is 11.3 Å². The van der Waals surface area contributed by atoms with Gasteiger partial charge >= 0.3 is 0 Å². The Kier molecular flexibility index (Phi) is 3.68. The quantitative estimate of drug-likeness (QED) is 0.749. The summed E-state index contributed by atoms with van der Waals surface area (Å²) in [5, 5.41) is 6.20. The molecule has 124 valence electrons. The summed E-state index contributed by atoms with van der Waals surface area (Å²) in [4.78, 5) is 21.3. The number of para-hydroxylation sites is 1. The van der Waals surface area contributed by atoms with Gasteiger partial charge in [0.1, 0.15) is 5.75 Å². The maximum absolute atomic E-state index is 12.5. The maximum Gasteiger partial charge on any atom is 0.277 e. The number of hydrogen-bond acceptors (Lipinski definition) is 5. The van der Waals surface area contributed by atoms with Crippen molar-refractivity contribution in [2.75, 3.05) is 11.9 Å². The third-order valence-electron chi connectivity index (χ3n) is 4.23. The van der Waals surface area contributed by atoms with Gasteiger partial charge in [-0.3, -0.25) is 9.89 Å². The number of aryl methyl sites for hydroxylation is 1. The summed E-state index contributed by atoms with van der Waals surface area (Å²) in [5.74, 6) is 1.79. The number of H-pyrrole nitrogens is 1. The lowest BCUT2D eigenvalue weighted by Gasteiger charge is -2.09. The molecule has 7 nitrogen and oxygen atoms in total.